The number of halogens is 1. The fraction of sp³-hybridized carbons (Fsp3) is 0.538. The molecule has 0 radical (unpaired) electrons. The van der Waals surface area contributed by atoms with E-state index in [9.17, 15) is 0 Å². The lowest BCUT2D eigenvalue weighted by Crippen LogP contribution is -2.19. The van der Waals surface area contributed by atoms with Gasteiger partial charge in [-0.25, -0.2) is 0 Å². The number of alkyl halides is 1. The molecule has 16 heavy (non-hydrogen) atoms. The molecule has 0 saturated carbocycles. The predicted molar refractivity (Wildman–Crippen MR) is 77.4 cm³/mol. The lowest BCUT2D eigenvalue weighted by atomic mass is 9.79. The summed E-state index contributed by atoms with van der Waals surface area (Å²) in [6, 6.07) is 0. The first-order valence-corrected chi connectivity index (χ1v) is 9.41. The standard InChI is InChI=1S/C13H21BrOSi/c1-13(2,3)11-7-6-8-12(14)10(11)9-15-16(4)5/h6-9,12,16H,1-5H3. The zero-order valence-electron chi connectivity index (χ0n) is 10.8. The molecule has 0 heterocycles. The molecule has 0 spiro atoms. The van der Waals surface area contributed by atoms with E-state index in [0.29, 0.717) is 0 Å². The molecule has 1 nitrogen and oxygen atoms in total. The summed E-state index contributed by atoms with van der Waals surface area (Å²) in [4.78, 5) is 0.277. The summed E-state index contributed by atoms with van der Waals surface area (Å²) in [6.07, 6.45) is 8.40. The molecule has 1 atom stereocenters. The van der Waals surface area contributed by atoms with E-state index in [1.807, 2.05) is 6.26 Å². The quantitative estimate of drug-likeness (QED) is 0.422. The highest BCUT2D eigenvalue weighted by Crippen LogP contribution is 2.37. The highest BCUT2D eigenvalue weighted by atomic mass is 79.9. The first kappa shape index (κ1) is 13.8. The van der Waals surface area contributed by atoms with Gasteiger partial charge in [0.05, 0.1) is 11.1 Å². The highest BCUT2D eigenvalue weighted by molar-refractivity contribution is 9.09. The Morgan fingerprint density at radius 1 is 1.38 bits per heavy atom. The Hall–Kier alpha value is -0.283. The average molecular weight is 301 g/mol. The fourth-order valence-electron chi connectivity index (χ4n) is 1.62. The van der Waals surface area contributed by atoms with Crippen LogP contribution in [0, 0.1) is 5.41 Å². The number of hydrogen-bond donors (Lipinski definition) is 0. The summed E-state index contributed by atoms with van der Waals surface area (Å²) in [5.41, 5.74) is 2.77. The molecule has 0 saturated heterocycles. The van der Waals surface area contributed by atoms with Crippen LogP contribution in [0.5, 0.6) is 0 Å². The third-order valence-electron chi connectivity index (χ3n) is 2.43. The van der Waals surface area contributed by atoms with Gasteiger partial charge in [0.1, 0.15) is 0 Å². The van der Waals surface area contributed by atoms with E-state index in [-0.39, 0.29) is 10.2 Å². The number of rotatable bonds is 2. The molecule has 0 aromatic rings. The molecule has 1 unspecified atom stereocenters. The van der Waals surface area contributed by atoms with Gasteiger partial charge < -0.3 is 4.43 Å². The van der Waals surface area contributed by atoms with E-state index >= 15 is 0 Å². The largest absolute Gasteiger partial charge is 0.552 e. The first-order valence-electron chi connectivity index (χ1n) is 5.71. The van der Waals surface area contributed by atoms with Gasteiger partial charge in [-0.15, -0.1) is 0 Å². The Labute approximate surface area is 109 Å². The van der Waals surface area contributed by atoms with Crippen LogP contribution in [0.25, 0.3) is 0 Å². The Morgan fingerprint density at radius 3 is 2.50 bits per heavy atom. The van der Waals surface area contributed by atoms with Crippen LogP contribution in [0.3, 0.4) is 0 Å². The second-order valence-corrected chi connectivity index (χ2v) is 8.73. The molecule has 0 amide bonds. The third kappa shape index (κ3) is 3.63. The van der Waals surface area contributed by atoms with Crippen LogP contribution in [0.4, 0.5) is 0 Å². The first-order chi connectivity index (χ1) is 7.32. The van der Waals surface area contributed by atoms with Crippen LogP contribution >= 0.6 is 15.9 Å². The fourth-order valence-corrected chi connectivity index (χ4v) is 2.57. The molecule has 3 heteroatoms. The van der Waals surface area contributed by atoms with Crippen molar-refractivity contribution < 1.29 is 4.43 Å². The van der Waals surface area contributed by atoms with E-state index in [2.05, 4.69) is 68.0 Å². The van der Waals surface area contributed by atoms with Gasteiger partial charge in [0.15, 0.2) is 0 Å². The minimum atomic E-state index is -0.999. The summed E-state index contributed by atoms with van der Waals surface area (Å²) in [5, 5.41) is 0. The maximum absolute atomic E-state index is 5.75. The maximum atomic E-state index is 5.75. The van der Waals surface area contributed by atoms with Crippen LogP contribution in [0.15, 0.2) is 35.6 Å². The summed E-state index contributed by atoms with van der Waals surface area (Å²) >= 11 is 3.68. The SMILES string of the molecule is C[SiH](C)OC=C1C(C(C)(C)C)=CC=CC1Br. The summed E-state index contributed by atoms with van der Waals surface area (Å²) < 4.78 is 5.75. The molecule has 1 aliphatic rings. The Bertz CT molecular complexity index is 334. The molecular formula is C13H21BrOSi. The van der Waals surface area contributed by atoms with Crippen molar-refractivity contribution in [3.05, 3.63) is 35.6 Å². The molecule has 0 aromatic heterocycles. The maximum Gasteiger partial charge on any atom is 0.228 e. The van der Waals surface area contributed by atoms with E-state index in [0.717, 1.165) is 0 Å². The Kier molecular flexibility index (Phi) is 4.62. The van der Waals surface area contributed by atoms with Gasteiger partial charge in [0, 0.05) is 5.57 Å². The summed E-state index contributed by atoms with van der Waals surface area (Å²) in [7, 11) is -0.999. The second kappa shape index (κ2) is 5.37. The van der Waals surface area contributed by atoms with E-state index in [1.165, 1.54) is 11.1 Å². The van der Waals surface area contributed by atoms with Crippen LogP contribution < -0.4 is 0 Å². The van der Waals surface area contributed by atoms with Gasteiger partial charge in [-0.2, -0.15) is 0 Å². The molecule has 0 fully saturated rings. The van der Waals surface area contributed by atoms with Gasteiger partial charge in [-0.3, -0.25) is 0 Å². The van der Waals surface area contributed by atoms with Crippen molar-refractivity contribution in [1.82, 2.24) is 0 Å². The number of hydrogen-bond acceptors (Lipinski definition) is 1. The Balaban J connectivity index is 2.99. The molecule has 90 valence electrons. The summed E-state index contributed by atoms with van der Waals surface area (Å²) in [5.74, 6) is 0. The predicted octanol–water partition coefficient (Wildman–Crippen LogP) is 4.18. The third-order valence-corrected chi connectivity index (χ3v) is 3.91. The van der Waals surface area contributed by atoms with E-state index in [4.69, 9.17) is 4.43 Å². The van der Waals surface area contributed by atoms with Crippen molar-refractivity contribution in [2.24, 2.45) is 5.41 Å². The zero-order chi connectivity index (χ0) is 12.3. The Morgan fingerprint density at radius 2 is 2.00 bits per heavy atom. The molecule has 1 rings (SSSR count). The number of allylic oxidation sites excluding steroid dienone is 5. The second-order valence-electron chi connectivity index (χ2n) is 5.38. The van der Waals surface area contributed by atoms with Gasteiger partial charge in [0.2, 0.25) is 9.04 Å². The molecular weight excluding hydrogens is 280 g/mol. The lowest BCUT2D eigenvalue weighted by Gasteiger charge is -2.29. The smallest absolute Gasteiger partial charge is 0.228 e. The summed E-state index contributed by atoms with van der Waals surface area (Å²) in [6.45, 7) is 11.1. The van der Waals surface area contributed by atoms with Crippen LogP contribution in [0.1, 0.15) is 20.8 Å². The van der Waals surface area contributed by atoms with E-state index < -0.39 is 9.04 Å². The molecule has 0 aromatic carbocycles. The van der Waals surface area contributed by atoms with Crippen molar-refractivity contribution in [3.8, 4) is 0 Å². The minimum Gasteiger partial charge on any atom is -0.552 e. The highest BCUT2D eigenvalue weighted by Gasteiger charge is 2.25. The molecule has 0 bridgehead atoms. The van der Waals surface area contributed by atoms with Gasteiger partial charge in [-0.1, -0.05) is 54.9 Å². The van der Waals surface area contributed by atoms with Crippen molar-refractivity contribution in [2.45, 2.75) is 38.7 Å². The van der Waals surface area contributed by atoms with Crippen molar-refractivity contribution in [3.63, 3.8) is 0 Å². The van der Waals surface area contributed by atoms with Crippen molar-refractivity contribution in [1.29, 1.82) is 0 Å². The van der Waals surface area contributed by atoms with Crippen LogP contribution in [0.2, 0.25) is 13.1 Å². The monoisotopic (exact) mass is 300 g/mol. The van der Waals surface area contributed by atoms with Crippen molar-refractivity contribution in [2.75, 3.05) is 0 Å². The van der Waals surface area contributed by atoms with Gasteiger partial charge in [0.25, 0.3) is 0 Å². The zero-order valence-corrected chi connectivity index (χ0v) is 13.5. The van der Waals surface area contributed by atoms with Crippen LogP contribution in [-0.4, -0.2) is 13.9 Å². The van der Waals surface area contributed by atoms with Gasteiger partial charge >= 0.3 is 0 Å². The normalized spacial score (nSPS) is 23.8. The van der Waals surface area contributed by atoms with E-state index in [1.54, 1.807) is 0 Å². The lowest BCUT2D eigenvalue weighted by molar-refractivity contribution is 0.474. The minimum absolute atomic E-state index is 0.157. The van der Waals surface area contributed by atoms with Gasteiger partial charge in [-0.05, 0) is 24.1 Å². The molecule has 0 aliphatic heterocycles. The van der Waals surface area contributed by atoms with Crippen LogP contribution in [-0.2, 0) is 4.43 Å². The molecule has 1 aliphatic carbocycles. The average Bonchev–Trinajstić information content (AvgIpc) is 2.13. The molecule has 0 N–H and O–H groups in total. The topological polar surface area (TPSA) is 9.23 Å². The van der Waals surface area contributed by atoms with Crippen molar-refractivity contribution >= 4 is 25.0 Å².